The van der Waals surface area contributed by atoms with E-state index >= 15 is 0 Å². The fraction of sp³-hybridized carbons (Fsp3) is 0.571. The van der Waals surface area contributed by atoms with Gasteiger partial charge in [0.05, 0.1) is 0 Å². The average molecular weight is 252 g/mol. The van der Waals surface area contributed by atoms with Gasteiger partial charge in [0.1, 0.15) is 11.4 Å². The van der Waals surface area contributed by atoms with Crippen molar-refractivity contribution in [1.29, 1.82) is 0 Å². The number of hydrogen-bond donors (Lipinski definition) is 1. The first-order valence-corrected chi connectivity index (χ1v) is 6.70. The van der Waals surface area contributed by atoms with Gasteiger partial charge < -0.3 is 10.5 Å². The van der Waals surface area contributed by atoms with Gasteiger partial charge in [-0.05, 0) is 43.4 Å². The van der Waals surface area contributed by atoms with Crippen molar-refractivity contribution in [1.82, 2.24) is 0 Å². The smallest absolute Gasteiger partial charge is 0.125 e. The molecule has 92 valence electrons. The Bertz CT molecular complexity index is 448. The maximum absolute atomic E-state index is 6.28. The van der Waals surface area contributed by atoms with Crippen molar-refractivity contribution in [3.05, 3.63) is 28.8 Å². The number of hydrogen-bond acceptors (Lipinski definition) is 2. The molecule has 3 atom stereocenters. The summed E-state index contributed by atoms with van der Waals surface area (Å²) in [6.45, 7) is 2.29. The molecule has 1 spiro atoms. The van der Waals surface area contributed by atoms with E-state index in [2.05, 4.69) is 6.92 Å². The molecule has 1 aliphatic heterocycles. The Labute approximate surface area is 107 Å². The molecule has 3 rings (SSSR count). The summed E-state index contributed by atoms with van der Waals surface area (Å²) in [5.74, 6) is 1.68. The van der Waals surface area contributed by atoms with Crippen molar-refractivity contribution in [2.75, 3.05) is 0 Å². The van der Waals surface area contributed by atoms with Crippen LogP contribution in [0.3, 0.4) is 0 Å². The normalized spacial score (nSPS) is 35.7. The van der Waals surface area contributed by atoms with E-state index in [4.69, 9.17) is 22.1 Å². The zero-order valence-corrected chi connectivity index (χ0v) is 10.8. The predicted octanol–water partition coefficient (Wildman–Crippen LogP) is 3.68. The van der Waals surface area contributed by atoms with E-state index in [9.17, 15) is 0 Å². The molecule has 2 nitrogen and oxygen atoms in total. The lowest BCUT2D eigenvalue weighted by Gasteiger charge is -2.39. The Kier molecular flexibility index (Phi) is 2.60. The minimum atomic E-state index is -0.0142. The monoisotopic (exact) mass is 251 g/mol. The molecule has 2 N–H and O–H groups in total. The molecule has 1 heterocycles. The SMILES string of the molecule is CC1CCC2(C1)C[C@@H](N)c1cc(Cl)ccc1O2. The van der Waals surface area contributed by atoms with Crippen LogP contribution in [0.1, 0.15) is 44.2 Å². The molecule has 2 aliphatic rings. The highest BCUT2D eigenvalue weighted by molar-refractivity contribution is 6.30. The molecule has 3 heteroatoms. The van der Waals surface area contributed by atoms with E-state index in [0.717, 1.165) is 41.5 Å². The summed E-state index contributed by atoms with van der Waals surface area (Å²) in [5.41, 5.74) is 7.32. The third-order valence-corrected chi connectivity index (χ3v) is 4.34. The summed E-state index contributed by atoms with van der Waals surface area (Å²) in [6.07, 6.45) is 4.42. The highest BCUT2D eigenvalue weighted by Gasteiger charge is 2.44. The zero-order chi connectivity index (χ0) is 12.0. The summed E-state index contributed by atoms with van der Waals surface area (Å²) < 4.78 is 6.24. The van der Waals surface area contributed by atoms with Crippen LogP contribution in [0, 0.1) is 5.92 Å². The van der Waals surface area contributed by atoms with Crippen molar-refractivity contribution in [2.24, 2.45) is 11.7 Å². The molecule has 1 aromatic carbocycles. The molecule has 1 aromatic rings. The summed E-state index contributed by atoms with van der Waals surface area (Å²) >= 11 is 6.01. The van der Waals surface area contributed by atoms with Gasteiger partial charge in [-0.15, -0.1) is 0 Å². The summed E-state index contributed by atoms with van der Waals surface area (Å²) in [5, 5.41) is 0.735. The summed E-state index contributed by atoms with van der Waals surface area (Å²) in [6, 6.07) is 5.83. The van der Waals surface area contributed by atoms with Gasteiger partial charge in [-0.25, -0.2) is 0 Å². The minimum absolute atomic E-state index is 0.0142. The van der Waals surface area contributed by atoms with Crippen LogP contribution >= 0.6 is 11.6 Å². The number of halogens is 1. The topological polar surface area (TPSA) is 35.2 Å². The summed E-state index contributed by atoms with van der Waals surface area (Å²) in [4.78, 5) is 0. The molecule has 0 saturated heterocycles. The van der Waals surface area contributed by atoms with Gasteiger partial charge in [-0.3, -0.25) is 0 Å². The molecule has 0 aromatic heterocycles. The highest BCUT2D eigenvalue weighted by atomic mass is 35.5. The first-order chi connectivity index (χ1) is 8.08. The van der Waals surface area contributed by atoms with Crippen LogP contribution in [0.25, 0.3) is 0 Å². The van der Waals surface area contributed by atoms with Crippen LogP contribution in [0.2, 0.25) is 5.02 Å². The maximum Gasteiger partial charge on any atom is 0.125 e. The molecular weight excluding hydrogens is 234 g/mol. The number of fused-ring (bicyclic) bond motifs is 1. The lowest BCUT2D eigenvalue weighted by atomic mass is 9.86. The van der Waals surface area contributed by atoms with Gasteiger partial charge in [0, 0.05) is 23.0 Å². The van der Waals surface area contributed by atoms with Crippen molar-refractivity contribution < 1.29 is 4.74 Å². The lowest BCUT2D eigenvalue weighted by molar-refractivity contribution is 0.0393. The van der Waals surface area contributed by atoms with Crippen LogP contribution < -0.4 is 10.5 Å². The van der Waals surface area contributed by atoms with Gasteiger partial charge in [-0.1, -0.05) is 18.5 Å². The van der Waals surface area contributed by atoms with Crippen molar-refractivity contribution >= 4 is 11.6 Å². The van der Waals surface area contributed by atoms with Crippen LogP contribution in [0.5, 0.6) is 5.75 Å². The standard InChI is InChI=1S/C14H18ClNO/c1-9-4-5-14(7-9)8-12(16)11-6-10(15)2-3-13(11)17-14/h2-3,6,9,12H,4-5,7-8,16H2,1H3/t9?,12-,14?/m1/s1. The lowest BCUT2D eigenvalue weighted by Crippen LogP contribution is -2.40. The van der Waals surface area contributed by atoms with Gasteiger partial charge in [0.25, 0.3) is 0 Å². The molecule has 2 unspecified atom stereocenters. The van der Waals surface area contributed by atoms with Crippen LogP contribution in [-0.4, -0.2) is 5.60 Å². The third kappa shape index (κ3) is 1.94. The predicted molar refractivity (Wildman–Crippen MR) is 69.4 cm³/mol. The summed E-state index contributed by atoms with van der Waals surface area (Å²) in [7, 11) is 0. The van der Waals surface area contributed by atoms with Crippen molar-refractivity contribution in [2.45, 2.75) is 44.2 Å². The maximum atomic E-state index is 6.28. The highest BCUT2D eigenvalue weighted by Crippen LogP contribution is 2.48. The Morgan fingerprint density at radius 2 is 2.24 bits per heavy atom. The number of benzene rings is 1. The van der Waals surface area contributed by atoms with E-state index in [1.165, 1.54) is 6.42 Å². The first-order valence-electron chi connectivity index (χ1n) is 6.32. The van der Waals surface area contributed by atoms with E-state index in [0.29, 0.717) is 0 Å². The second-order valence-corrected chi connectivity index (χ2v) is 6.06. The molecule has 17 heavy (non-hydrogen) atoms. The fourth-order valence-corrected chi connectivity index (χ4v) is 3.49. The fourth-order valence-electron chi connectivity index (χ4n) is 3.31. The molecule has 1 aliphatic carbocycles. The van der Waals surface area contributed by atoms with Gasteiger partial charge in [0.2, 0.25) is 0 Å². The average Bonchev–Trinajstić information content (AvgIpc) is 2.61. The molecule has 1 saturated carbocycles. The molecule has 1 fully saturated rings. The molecule has 0 amide bonds. The third-order valence-electron chi connectivity index (χ3n) is 4.10. The Hall–Kier alpha value is -0.730. The van der Waals surface area contributed by atoms with Crippen LogP contribution in [0.15, 0.2) is 18.2 Å². The second kappa shape index (κ2) is 3.89. The Balaban J connectivity index is 1.96. The van der Waals surface area contributed by atoms with E-state index in [1.54, 1.807) is 0 Å². The quantitative estimate of drug-likeness (QED) is 0.763. The van der Waals surface area contributed by atoms with Gasteiger partial charge in [-0.2, -0.15) is 0 Å². The van der Waals surface area contributed by atoms with Crippen molar-refractivity contribution in [3.8, 4) is 5.75 Å². The molecule has 0 bridgehead atoms. The first kappa shape index (κ1) is 11.4. The Morgan fingerprint density at radius 1 is 1.41 bits per heavy atom. The van der Waals surface area contributed by atoms with Gasteiger partial charge in [0.15, 0.2) is 0 Å². The molecular formula is C14H18ClNO. The van der Waals surface area contributed by atoms with E-state index < -0.39 is 0 Å². The number of nitrogens with two attached hydrogens (primary N) is 1. The minimum Gasteiger partial charge on any atom is -0.487 e. The van der Waals surface area contributed by atoms with E-state index in [-0.39, 0.29) is 11.6 Å². The van der Waals surface area contributed by atoms with Crippen molar-refractivity contribution in [3.63, 3.8) is 0 Å². The van der Waals surface area contributed by atoms with E-state index in [1.807, 2.05) is 18.2 Å². The number of ether oxygens (including phenoxy) is 1. The zero-order valence-electron chi connectivity index (χ0n) is 10.1. The second-order valence-electron chi connectivity index (χ2n) is 5.63. The van der Waals surface area contributed by atoms with Crippen LogP contribution in [0.4, 0.5) is 0 Å². The van der Waals surface area contributed by atoms with Crippen LogP contribution in [-0.2, 0) is 0 Å². The number of rotatable bonds is 0. The Morgan fingerprint density at radius 3 is 2.94 bits per heavy atom. The van der Waals surface area contributed by atoms with Gasteiger partial charge >= 0.3 is 0 Å². The molecule has 0 radical (unpaired) electrons. The largest absolute Gasteiger partial charge is 0.487 e.